The van der Waals surface area contributed by atoms with Crippen LogP contribution >= 0.6 is 0 Å². The SMILES string of the molecule is CCCOC(=O)C1=C(C)N(CC)C(=O)N[C@@H]1c1ccccc1[N+](=O)[O-]. The molecule has 8 heteroatoms. The summed E-state index contributed by atoms with van der Waals surface area (Å²) < 4.78 is 5.24. The molecule has 134 valence electrons. The molecule has 1 aliphatic heterocycles. The largest absolute Gasteiger partial charge is 0.462 e. The van der Waals surface area contributed by atoms with E-state index in [0.29, 0.717) is 18.7 Å². The van der Waals surface area contributed by atoms with Gasteiger partial charge in [0, 0.05) is 18.3 Å². The minimum Gasteiger partial charge on any atom is -0.462 e. The van der Waals surface area contributed by atoms with Crippen LogP contribution in [0.25, 0.3) is 0 Å². The number of allylic oxidation sites excluding steroid dienone is 1. The molecule has 1 aliphatic rings. The average molecular weight is 347 g/mol. The molecule has 1 aromatic carbocycles. The Bertz CT molecular complexity index is 729. The second-order valence-electron chi connectivity index (χ2n) is 5.58. The summed E-state index contributed by atoms with van der Waals surface area (Å²) in [6.07, 6.45) is 0.651. The van der Waals surface area contributed by atoms with Crippen molar-refractivity contribution in [3.63, 3.8) is 0 Å². The molecule has 0 radical (unpaired) electrons. The Labute approximate surface area is 145 Å². The van der Waals surface area contributed by atoms with E-state index < -0.39 is 23.0 Å². The quantitative estimate of drug-likeness (QED) is 0.484. The van der Waals surface area contributed by atoms with E-state index in [4.69, 9.17) is 4.74 Å². The lowest BCUT2D eigenvalue weighted by Gasteiger charge is -2.34. The summed E-state index contributed by atoms with van der Waals surface area (Å²) in [6, 6.07) is 4.71. The average Bonchev–Trinajstić information content (AvgIpc) is 2.59. The third-order valence-electron chi connectivity index (χ3n) is 4.01. The number of nitro benzene ring substituents is 1. The monoisotopic (exact) mass is 347 g/mol. The third kappa shape index (κ3) is 3.62. The van der Waals surface area contributed by atoms with Gasteiger partial charge in [0.15, 0.2) is 0 Å². The highest BCUT2D eigenvalue weighted by Crippen LogP contribution is 2.35. The molecule has 1 N–H and O–H groups in total. The zero-order valence-electron chi connectivity index (χ0n) is 14.4. The molecule has 1 aromatic rings. The van der Waals surface area contributed by atoms with Crippen molar-refractivity contribution in [2.75, 3.05) is 13.2 Å². The zero-order chi connectivity index (χ0) is 18.6. The maximum atomic E-state index is 12.6. The summed E-state index contributed by atoms with van der Waals surface area (Å²) in [5.74, 6) is -0.582. The van der Waals surface area contributed by atoms with Gasteiger partial charge in [-0.1, -0.05) is 19.1 Å². The van der Waals surface area contributed by atoms with Crippen molar-refractivity contribution in [3.8, 4) is 0 Å². The molecule has 0 bridgehead atoms. The Kier molecular flexibility index (Phi) is 5.74. The number of carbonyl (C=O) groups excluding carboxylic acids is 2. The fourth-order valence-electron chi connectivity index (χ4n) is 2.83. The molecule has 0 aromatic heterocycles. The Morgan fingerprint density at radius 1 is 1.36 bits per heavy atom. The number of para-hydroxylation sites is 1. The maximum absolute atomic E-state index is 12.6. The molecule has 0 fully saturated rings. The van der Waals surface area contributed by atoms with E-state index in [2.05, 4.69) is 5.32 Å². The first-order valence-electron chi connectivity index (χ1n) is 8.11. The van der Waals surface area contributed by atoms with Crippen LogP contribution in [0.5, 0.6) is 0 Å². The highest BCUT2D eigenvalue weighted by Gasteiger charge is 2.38. The standard InChI is InChI=1S/C17H21N3O5/c1-4-10-25-16(21)14-11(3)19(5-2)17(22)18-15(14)12-8-6-7-9-13(12)20(23)24/h6-9,15H,4-5,10H2,1-3H3,(H,18,22)/t15-/m1/s1. The van der Waals surface area contributed by atoms with Gasteiger partial charge in [0.25, 0.3) is 5.69 Å². The van der Waals surface area contributed by atoms with Gasteiger partial charge in [0.05, 0.1) is 28.7 Å². The molecular weight excluding hydrogens is 326 g/mol. The molecule has 1 atom stereocenters. The second-order valence-corrected chi connectivity index (χ2v) is 5.58. The van der Waals surface area contributed by atoms with Crippen LogP contribution in [0, 0.1) is 10.1 Å². The topological polar surface area (TPSA) is 102 Å². The summed E-state index contributed by atoms with van der Waals surface area (Å²) in [6.45, 7) is 5.90. The zero-order valence-corrected chi connectivity index (χ0v) is 14.4. The number of esters is 1. The van der Waals surface area contributed by atoms with Crippen LogP contribution in [0.2, 0.25) is 0 Å². The Morgan fingerprint density at radius 2 is 2.04 bits per heavy atom. The summed E-state index contributed by atoms with van der Waals surface area (Å²) in [5, 5.41) is 14.0. The van der Waals surface area contributed by atoms with Crippen molar-refractivity contribution < 1.29 is 19.2 Å². The van der Waals surface area contributed by atoms with E-state index >= 15 is 0 Å². The number of urea groups is 1. The number of amides is 2. The van der Waals surface area contributed by atoms with Gasteiger partial charge in [-0.2, -0.15) is 0 Å². The Morgan fingerprint density at radius 3 is 2.64 bits per heavy atom. The van der Waals surface area contributed by atoms with E-state index in [9.17, 15) is 19.7 Å². The number of hydrogen-bond acceptors (Lipinski definition) is 5. The van der Waals surface area contributed by atoms with Gasteiger partial charge in [0.1, 0.15) is 0 Å². The Balaban J connectivity index is 2.58. The number of nitrogens with one attached hydrogen (secondary N) is 1. The van der Waals surface area contributed by atoms with Gasteiger partial charge >= 0.3 is 12.0 Å². The number of benzene rings is 1. The Hall–Kier alpha value is -2.90. The second kappa shape index (κ2) is 7.78. The summed E-state index contributed by atoms with van der Waals surface area (Å²) in [4.78, 5) is 37.1. The predicted octanol–water partition coefficient (Wildman–Crippen LogP) is 2.91. The summed E-state index contributed by atoms with van der Waals surface area (Å²) in [5.41, 5.74) is 0.741. The smallest absolute Gasteiger partial charge is 0.338 e. The highest BCUT2D eigenvalue weighted by molar-refractivity contribution is 5.95. The van der Waals surface area contributed by atoms with E-state index in [1.54, 1.807) is 19.9 Å². The number of ether oxygens (including phenoxy) is 1. The first-order chi connectivity index (χ1) is 11.9. The van der Waals surface area contributed by atoms with Gasteiger partial charge in [-0.05, 0) is 26.3 Å². The molecule has 0 spiro atoms. The number of hydrogen-bond donors (Lipinski definition) is 1. The van der Waals surface area contributed by atoms with Crippen LogP contribution in [0.3, 0.4) is 0 Å². The lowest BCUT2D eigenvalue weighted by Crippen LogP contribution is -2.48. The maximum Gasteiger partial charge on any atom is 0.338 e. The summed E-state index contributed by atoms with van der Waals surface area (Å²) in [7, 11) is 0. The fraction of sp³-hybridized carbons (Fsp3) is 0.412. The first-order valence-corrected chi connectivity index (χ1v) is 8.11. The lowest BCUT2D eigenvalue weighted by molar-refractivity contribution is -0.385. The van der Waals surface area contributed by atoms with Crippen LogP contribution in [-0.4, -0.2) is 35.0 Å². The molecule has 0 saturated carbocycles. The molecule has 0 aliphatic carbocycles. The van der Waals surface area contributed by atoms with E-state index in [1.165, 1.54) is 23.1 Å². The van der Waals surface area contributed by atoms with Crippen LogP contribution in [-0.2, 0) is 9.53 Å². The van der Waals surface area contributed by atoms with E-state index in [1.807, 2.05) is 6.92 Å². The van der Waals surface area contributed by atoms with Crippen molar-refractivity contribution >= 4 is 17.7 Å². The van der Waals surface area contributed by atoms with Gasteiger partial charge in [-0.15, -0.1) is 0 Å². The lowest BCUT2D eigenvalue weighted by atomic mass is 9.93. The molecule has 0 saturated heterocycles. The minimum atomic E-state index is -0.929. The predicted molar refractivity (Wildman–Crippen MR) is 90.7 cm³/mol. The molecule has 1 heterocycles. The van der Waals surface area contributed by atoms with Crippen LogP contribution in [0.1, 0.15) is 38.8 Å². The van der Waals surface area contributed by atoms with Crippen molar-refractivity contribution in [1.29, 1.82) is 0 Å². The van der Waals surface area contributed by atoms with Crippen LogP contribution in [0.4, 0.5) is 10.5 Å². The molecule has 8 nitrogen and oxygen atoms in total. The first kappa shape index (κ1) is 18.4. The molecule has 2 rings (SSSR count). The van der Waals surface area contributed by atoms with Gasteiger partial charge in [-0.25, -0.2) is 9.59 Å². The number of nitro groups is 1. The van der Waals surface area contributed by atoms with Crippen LogP contribution in [0.15, 0.2) is 35.5 Å². The summed E-state index contributed by atoms with van der Waals surface area (Å²) >= 11 is 0. The van der Waals surface area contributed by atoms with Gasteiger partial charge in [0.2, 0.25) is 0 Å². The number of carbonyl (C=O) groups is 2. The fourth-order valence-corrected chi connectivity index (χ4v) is 2.83. The molecule has 25 heavy (non-hydrogen) atoms. The van der Waals surface area contributed by atoms with E-state index in [-0.39, 0.29) is 23.4 Å². The molecular formula is C17H21N3O5. The van der Waals surface area contributed by atoms with Gasteiger partial charge < -0.3 is 10.1 Å². The van der Waals surface area contributed by atoms with Crippen molar-refractivity contribution in [3.05, 3.63) is 51.2 Å². The number of rotatable bonds is 6. The molecule has 0 unspecified atom stereocenters. The van der Waals surface area contributed by atoms with Crippen molar-refractivity contribution in [2.45, 2.75) is 33.2 Å². The van der Waals surface area contributed by atoms with E-state index in [0.717, 1.165) is 0 Å². The third-order valence-corrected chi connectivity index (χ3v) is 4.01. The van der Waals surface area contributed by atoms with Crippen molar-refractivity contribution in [2.24, 2.45) is 0 Å². The van der Waals surface area contributed by atoms with Crippen molar-refractivity contribution in [1.82, 2.24) is 10.2 Å². The molecule has 2 amide bonds. The van der Waals surface area contributed by atoms with Crippen LogP contribution < -0.4 is 5.32 Å². The normalized spacial score (nSPS) is 17.3. The number of nitrogens with zero attached hydrogens (tertiary/aromatic N) is 2. The highest BCUT2D eigenvalue weighted by atomic mass is 16.6. The van der Waals surface area contributed by atoms with Gasteiger partial charge in [-0.3, -0.25) is 15.0 Å². The minimum absolute atomic E-state index is 0.161.